The number of nitrogens with two attached hydrogens (primary N) is 1. The zero-order chi connectivity index (χ0) is 13.7. The molecule has 2 nitrogen and oxygen atoms in total. The van der Waals surface area contributed by atoms with Gasteiger partial charge < -0.3 is 10.6 Å². The number of anilines is 1. The molecule has 2 N–H and O–H groups in total. The summed E-state index contributed by atoms with van der Waals surface area (Å²) in [4.78, 5) is 3.70. The third-order valence-electron chi connectivity index (χ3n) is 3.38. The Bertz CT molecular complexity index is 493. The molecule has 0 saturated carbocycles. The fourth-order valence-electron chi connectivity index (χ4n) is 2.20. The van der Waals surface area contributed by atoms with Crippen molar-refractivity contribution in [3.8, 4) is 0 Å². The van der Waals surface area contributed by atoms with Gasteiger partial charge in [-0.05, 0) is 35.9 Å². The molecule has 1 unspecified atom stereocenters. The first-order chi connectivity index (χ1) is 9.20. The summed E-state index contributed by atoms with van der Waals surface area (Å²) in [6.45, 7) is 3.10. The third-order valence-corrected chi connectivity index (χ3v) is 4.24. The molecule has 2 rings (SSSR count). The lowest BCUT2D eigenvalue weighted by Crippen LogP contribution is -2.24. The first-order valence-corrected chi connectivity index (χ1v) is 7.65. The van der Waals surface area contributed by atoms with E-state index in [1.54, 1.807) is 11.3 Å². The number of nitrogens with zero attached hydrogens (tertiary/aromatic N) is 1. The van der Waals surface area contributed by atoms with Crippen LogP contribution in [-0.2, 0) is 13.0 Å². The van der Waals surface area contributed by atoms with E-state index in [2.05, 4.69) is 60.6 Å². The topological polar surface area (TPSA) is 29.3 Å². The molecule has 0 radical (unpaired) electrons. The molecule has 3 heteroatoms. The monoisotopic (exact) mass is 274 g/mol. The molecule has 0 aliphatic carbocycles. The highest BCUT2D eigenvalue weighted by Crippen LogP contribution is 2.23. The Morgan fingerprint density at radius 1 is 1.21 bits per heavy atom. The number of thiophene rings is 1. The van der Waals surface area contributed by atoms with Gasteiger partial charge in [-0.3, -0.25) is 0 Å². The van der Waals surface area contributed by atoms with Crippen LogP contribution in [0, 0.1) is 0 Å². The first-order valence-electron chi connectivity index (χ1n) is 6.77. The Morgan fingerprint density at radius 2 is 2.00 bits per heavy atom. The normalized spacial score (nSPS) is 12.4. The molecule has 2 aromatic rings. The Labute approximate surface area is 119 Å². The number of benzene rings is 1. The molecule has 0 aliphatic rings. The SMILES string of the molecule is CCC(N)Cc1ccccc1N(C)Cc1cccs1. The van der Waals surface area contributed by atoms with Crippen LogP contribution in [0.1, 0.15) is 23.8 Å². The summed E-state index contributed by atoms with van der Waals surface area (Å²) in [6, 6.07) is 13.1. The van der Waals surface area contributed by atoms with Crippen molar-refractivity contribution in [3.63, 3.8) is 0 Å². The molecule has 0 spiro atoms. The lowest BCUT2D eigenvalue weighted by Gasteiger charge is -2.23. The molecule has 0 saturated heterocycles. The standard InChI is InChI=1S/C16H22N2S/c1-3-14(17)11-13-7-4-5-9-16(13)18(2)12-15-8-6-10-19-15/h4-10,14H,3,11-12,17H2,1-2H3. The summed E-state index contributed by atoms with van der Waals surface area (Å²) in [7, 11) is 2.15. The van der Waals surface area contributed by atoms with Crippen molar-refractivity contribution >= 4 is 17.0 Å². The Morgan fingerprint density at radius 3 is 2.68 bits per heavy atom. The van der Waals surface area contributed by atoms with Crippen LogP contribution in [0.3, 0.4) is 0 Å². The van der Waals surface area contributed by atoms with E-state index >= 15 is 0 Å². The van der Waals surface area contributed by atoms with Crippen LogP contribution in [0.25, 0.3) is 0 Å². The molecule has 0 aliphatic heterocycles. The molecule has 102 valence electrons. The number of para-hydroxylation sites is 1. The van der Waals surface area contributed by atoms with E-state index in [1.165, 1.54) is 16.1 Å². The van der Waals surface area contributed by atoms with Crippen molar-refractivity contribution in [2.45, 2.75) is 32.4 Å². The van der Waals surface area contributed by atoms with Crippen LogP contribution in [0.15, 0.2) is 41.8 Å². The fourth-order valence-corrected chi connectivity index (χ4v) is 2.96. The maximum Gasteiger partial charge on any atom is 0.0519 e. The summed E-state index contributed by atoms with van der Waals surface area (Å²) < 4.78 is 0. The maximum absolute atomic E-state index is 6.09. The zero-order valence-electron chi connectivity index (χ0n) is 11.7. The van der Waals surface area contributed by atoms with Crippen molar-refractivity contribution in [2.24, 2.45) is 5.73 Å². The molecule has 0 bridgehead atoms. The third kappa shape index (κ3) is 3.82. The van der Waals surface area contributed by atoms with E-state index < -0.39 is 0 Å². The van der Waals surface area contributed by atoms with Gasteiger partial charge in [-0.1, -0.05) is 31.2 Å². The molecule has 0 fully saturated rings. The summed E-state index contributed by atoms with van der Waals surface area (Å²) in [5, 5.41) is 2.13. The van der Waals surface area contributed by atoms with Crippen LogP contribution in [0.5, 0.6) is 0 Å². The van der Waals surface area contributed by atoms with Gasteiger partial charge in [0.05, 0.1) is 6.54 Å². The first kappa shape index (κ1) is 14.1. The molecule has 1 aromatic heterocycles. The molecule has 1 aromatic carbocycles. The zero-order valence-corrected chi connectivity index (χ0v) is 12.5. The second-order valence-electron chi connectivity index (χ2n) is 4.94. The van der Waals surface area contributed by atoms with Gasteiger partial charge in [0, 0.05) is 23.7 Å². The fraction of sp³-hybridized carbons (Fsp3) is 0.375. The van der Waals surface area contributed by atoms with Gasteiger partial charge in [-0.25, -0.2) is 0 Å². The van der Waals surface area contributed by atoms with Gasteiger partial charge in [0.15, 0.2) is 0 Å². The summed E-state index contributed by atoms with van der Waals surface area (Å²) in [6.07, 6.45) is 1.96. The quantitative estimate of drug-likeness (QED) is 0.871. The minimum atomic E-state index is 0.247. The molecular formula is C16H22N2S. The van der Waals surface area contributed by atoms with Crippen molar-refractivity contribution in [3.05, 3.63) is 52.2 Å². The van der Waals surface area contributed by atoms with Gasteiger partial charge in [0.2, 0.25) is 0 Å². The van der Waals surface area contributed by atoms with Crippen LogP contribution in [0.4, 0.5) is 5.69 Å². The van der Waals surface area contributed by atoms with Crippen molar-refractivity contribution in [1.82, 2.24) is 0 Å². The van der Waals surface area contributed by atoms with Gasteiger partial charge in [-0.2, -0.15) is 0 Å². The summed E-state index contributed by atoms with van der Waals surface area (Å²) >= 11 is 1.80. The highest BCUT2D eigenvalue weighted by Gasteiger charge is 2.10. The summed E-state index contributed by atoms with van der Waals surface area (Å²) in [5.74, 6) is 0. The molecule has 19 heavy (non-hydrogen) atoms. The van der Waals surface area contributed by atoms with Crippen molar-refractivity contribution in [2.75, 3.05) is 11.9 Å². The van der Waals surface area contributed by atoms with Crippen LogP contribution >= 0.6 is 11.3 Å². The lowest BCUT2D eigenvalue weighted by molar-refractivity contribution is 0.645. The number of hydrogen-bond acceptors (Lipinski definition) is 3. The Balaban J connectivity index is 2.14. The van der Waals surface area contributed by atoms with Gasteiger partial charge in [0.1, 0.15) is 0 Å². The largest absolute Gasteiger partial charge is 0.369 e. The van der Waals surface area contributed by atoms with Crippen molar-refractivity contribution in [1.29, 1.82) is 0 Å². The maximum atomic E-state index is 6.09. The number of rotatable bonds is 6. The minimum absolute atomic E-state index is 0.247. The minimum Gasteiger partial charge on any atom is -0.369 e. The molecular weight excluding hydrogens is 252 g/mol. The second kappa shape index (κ2) is 6.73. The van der Waals surface area contributed by atoms with Crippen molar-refractivity contribution < 1.29 is 0 Å². The highest BCUT2D eigenvalue weighted by molar-refractivity contribution is 7.09. The predicted octanol–water partition coefficient (Wildman–Crippen LogP) is 3.66. The Kier molecular flexibility index (Phi) is 5.00. The Hall–Kier alpha value is -1.32. The highest BCUT2D eigenvalue weighted by atomic mass is 32.1. The van der Waals surface area contributed by atoms with Crippen LogP contribution in [-0.4, -0.2) is 13.1 Å². The average Bonchev–Trinajstić information content (AvgIpc) is 2.92. The van der Waals surface area contributed by atoms with E-state index in [0.717, 1.165) is 19.4 Å². The molecule has 0 amide bonds. The molecule has 1 heterocycles. The van der Waals surface area contributed by atoms with E-state index in [4.69, 9.17) is 5.73 Å². The second-order valence-corrected chi connectivity index (χ2v) is 5.97. The van der Waals surface area contributed by atoms with E-state index in [1.807, 2.05) is 0 Å². The van der Waals surface area contributed by atoms with E-state index in [-0.39, 0.29) is 6.04 Å². The van der Waals surface area contributed by atoms with Crippen LogP contribution < -0.4 is 10.6 Å². The van der Waals surface area contributed by atoms with E-state index in [0.29, 0.717) is 0 Å². The van der Waals surface area contributed by atoms with Gasteiger partial charge in [-0.15, -0.1) is 11.3 Å². The van der Waals surface area contributed by atoms with Gasteiger partial charge in [0.25, 0.3) is 0 Å². The summed E-state index contributed by atoms with van der Waals surface area (Å²) in [5.41, 5.74) is 8.73. The number of hydrogen-bond donors (Lipinski definition) is 1. The van der Waals surface area contributed by atoms with E-state index in [9.17, 15) is 0 Å². The predicted molar refractivity (Wildman–Crippen MR) is 84.8 cm³/mol. The smallest absolute Gasteiger partial charge is 0.0519 e. The molecule has 1 atom stereocenters. The van der Waals surface area contributed by atoms with Gasteiger partial charge >= 0.3 is 0 Å². The van der Waals surface area contributed by atoms with Crippen LogP contribution in [0.2, 0.25) is 0 Å². The average molecular weight is 274 g/mol. The lowest BCUT2D eigenvalue weighted by atomic mass is 10.0.